The van der Waals surface area contributed by atoms with Crippen molar-refractivity contribution in [1.29, 1.82) is 0 Å². The molecule has 2 aromatic rings. The van der Waals surface area contributed by atoms with Crippen molar-refractivity contribution in [3.63, 3.8) is 0 Å². The normalized spacial score (nSPS) is 21.1. The molecule has 1 aliphatic heterocycles. The number of carbonyl (C=O) groups excluding carboxylic acids is 1. The molecule has 0 saturated carbocycles. The van der Waals surface area contributed by atoms with Crippen molar-refractivity contribution in [2.45, 2.75) is 25.4 Å². The molecule has 1 fully saturated rings. The van der Waals surface area contributed by atoms with Crippen molar-refractivity contribution in [1.82, 2.24) is 0 Å². The SMILES string of the molecule is O=C1O[C@@H](CCc2ccccc2)[C@@H]1Cc1ccccc1. The molecule has 0 aliphatic carbocycles. The van der Waals surface area contributed by atoms with Crippen molar-refractivity contribution in [2.75, 3.05) is 0 Å². The van der Waals surface area contributed by atoms with E-state index in [0.29, 0.717) is 0 Å². The Kier molecular flexibility index (Phi) is 3.82. The first-order chi connectivity index (χ1) is 9.83. The van der Waals surface area contributed by atoms with Crippen LogP contribution < -0.4 is 0 Å². The van der Waals surface area contributed by atoms with Gasteiger partial charge >= 0.3 is 5.97 Å². The number of hydrogen-bond acceptors (Lipinski definition) is 2. The van der Waals surface area contributed by atoms with Gasteiger partial charge in [-0.25, -0.2) is 0 Å². The van der Waals surface area contributed by atoms with Crippen LogP contribution in [0, 0.1) is 5.92 Å². The summed E-state index contributed by atoms with van der Waals surface area (Å²) in [6.45, 7) is 0. The summed E-state index contributed by atoms with van der Waals surface area (Å²) < 4.78 is 5.31. The Balaban J connectivity index is 1.56. The van der Waals surface area contributed by atoms with Gasteiger partial charge in [-0.2, -0.15) is 0 Å². The molecule has 0 bridgehead atoms. The predicted molar refractivity (Wildman–Crippen MR) is 78.3 cm³/mol. The van der Waals surface area contributed by atoms with Crippen molar-refractivity contribution in [3.05, 3.63) is 71.8 Å². The number of esters is 1. The van der Waals surface area contributed by atoms with Crippen LogP contribution in [0.25, 0.3) is 0 Å². The van der Waals surface area contributed by atoms with E-state index in [4.69, 9.17) is 4.74 Å². The van der Waals surface area contributed by atoms with E-state index < -0.39 is 0 Å². The van der Waals surface area contributed by atoms with Gasteiger partial charge < -0.3 is 4.74 Å². The summed E-state index contributed by atoms with van der Waals surface area (Å²) in [6, 6.07) is 20.5. The van der Waals surface area contributed by atoms with Crippen LogP contribution in [0.5, 0.6) is 0 Å². The molecule has 102 valence electrons. The third-order valence-corrected chi connectivity index (χ3v) is 3.88. The van der Waals surface area contributed by atoms with Crippen molar-refractivity contribution in [2.24, 2.45) is 5.92 Å². The second-order valence-electron chi connectivity index (χ2n) is 5.30. The summed E-state index contributed by atoms with van der Waals surface area (Å²) in [4.78, 5) is 11.6. The molecule has 0 amide bonds. The fraction of sp³-hybridized carbons (Fsp3) is 0.278. The highest BCUT2D eigenvalue weighted by Gasteiger charge is 2.41. The van der Waals surface area contributed by atoms with Crippen molar-refractivity contribution in [3.8, 4) is 0 Å². The fourth-order valence-electron chi connectivity index (χ4n) is 2.69. The first-order valence-corrected chi connectivity index (χ1v) is 7.11. The Morgan fingerprint density at radius 3 is 2.05 bits per heavy atom. The average Bonchev–Trinajstić information content (AvgIpc) is 2.51. The summed E-state index contributed by atoms with van der Waals surface area (Å²) in [5.74, 6) is -0.0203. The van der Waals surface area contributed by atoms with E-state index in [1.807, 2.05) is 36.4 Å². The van der Waals surface area contributed by atoms with Crippen LogP contribution in [-0.4, -0.2) is 12.1 Å². The van der Waals surface area contributed by atoms with Gasteiger partial charge in [-0.1, -0.05) is 60.7 Å². The van der Waals surface area contributed by atoms with E-state index in [1.165, 1.54) is 11.1 Å². The Morgan fingerprint density at radius 1 is 0.850 bits per heavy atom. The van der Waals surface area contributed by atoms with E-state index in [1.54, 1.807) is 0 Å². The number of carbonyl (C=O) groups is 1. The molecule has 0 N–H and O–H groups in total. The number of ether oxygens (including phenoxy) is 1. The highest BCUT2D eigenvalue weighted by Crippen LogP contribution is 2.29. The van der Waals surface area contributed by atoms with Gasteiger partial charge in [-0.05, 0) is 30.4 Å². The van der Waals surface area contributed by atoms with E-state index in [9.17, 15) is 4.79 Å². The molecule has 1 heterocycles. The van der Waals surface area contributed by atoms with E-state index in [0.717, 1.165) is 19.3 Å². The first kappa shape index (κ1) is 12.9. The van der Waals surface area contributed by atoms with Gasteiger partial charge in [-0.3, -0.25) is 4.79 Å². The maximum atomic E-state index is 11.6. The Bertz CT molecular complexity index is 562. The third-order valence-electron chi connectivity index (χ3n) is 3.88. The minimum absolute atomic E-state index is 0.0288. The highest BCUT2D eigenvalue weighted by atomic mass is 16.6. The molecular weight excluding hydrogens is 248 g/mol. The fourth-order valence-corrected chi connectivity index (χ4v) is 2.69. The first-order valence-electron chi connectivity index (χ1n) is 7.11. The summed E-state index contributed by atoms with van der Waals surface area (Å²) >= 11 is 0. The second-order valence-corrected chi connectivity index (χ2v) is 5.30. The van der Waals surface area contributed by atoms with Crippen LogP contribution in [0.1, 0.15) is 17.5 Å². The van der Waals surface area contributed by atoms with Gasteiger partial charge in [-0.15, -0.1) is 0 Å². The molecule has 2 aromatic carbocycles. The van der Waals surface area contributed by atoms with Crippen LogP contribution in [0.3, 0.4) is 0 Å². The van der Waals surface area contributed by atoms with Gasteiger partial charge in [0, 0.05) is 0 Å². The van der Waals surface area contributed by atoms with Crippen molar-refractivity contribution >= 4 is 5.97 Å². The molecule has 2 atom stereocenters. The Labute approximate surface area is 119 Å². The maximum absolute atomic E-state index is 11.6. The van der Waals surface area contributed by atoms with E-state index in [-0.39, 0.29) is 18.0 Å². The molecule has 0 radical (unpaired) electrons. The number of hydrogen-bond donors (Lipinski definition) is 0. The molecule has 0 unspecified atom stereocenters. The molecule has 0 aromatic heterocycles. The molecule has 2 nitrogen and oxygen atoms in total. The van der Waals surface area contributed by atoms with Crippen molar-refractivity contribution < 1.29 is 9.53 Å². The highest BCUT2D eigenvalue weighted by molar-refractivity contribution is 5.78. The zero-order valence-electron chi connectivity index (χ0n) is 11.4. The summed E-state index contributed by atoms with van der Waals surface area (Å²) in [7, 11) is 0. The minimum Gasteiger partial charge on any atom is -0.461 e. The monoisotopic (exact) mass is 266 g/mol. The molecule has 1 aliphatic rings. The van der Waals surface area contributed by atoms with Gasteiger partial charge in [0.1, 0.15) is 6.10 Å². The lowest BCUT2D eigenvalue weighted by molar-refractivity contribution is -0.184. The third kappa shape index (κ3) is 2.90. The summed E-state index contributed by atoms with van der Waals surface area (Å²) in [5, 5.41) is 0. The zero-order chi connectivity index (χ0) is 13.8. The smallest absolute Gasteiger partial charge is 0.313 e. The lowest BCUT2D eigenvalue weighted by atomic mass is 9.86. The molecule has 2 heteroatoms. The number of rotatable bonds is 5. The van der Waals surface area contributed by atoms with Gasteiger partial charge in [0.25, 0.3) is 0 Å². The van der Waals surface area contributed by atoms with Crippen LogP contribution in [-0.2, 0) is 22.4 Å². The lowest BCUT2D eigenvalue weighted by Crippen LogP contribution is -2.46. The molecule has 20 heavy (non-hydrogen) atoms. The van der Waals surface area contributed by atoms with Gasteiger partial charge in [0.2, 0.25) is 0 Å². The maximum Gasteiger partial charge on any atom is 0.313 e. The van der Waals surface area contributed by atoms with Crippen LogP contribution in [0.15, 0.2) is 60.7 Å². The summed E-state index contributed by atoms with van der Waals surface area (Å²) in [5.41, 5.74) is 2.51. The van der Waals surface area contributed by atoms with Gasteiger partial charge in [0.05, 0.1) is 5.92 Å². The predicted octanol–water partition coefficient (Wildman–Crippen LogP) is 3.40. The zero-order valence-corrected chi connectivity index (χ0v) is 11.4. The Morgan fingerprint density at radius 2 is 1.45 bits per heavy atom. The van der Waals surface area contributed by atoms with Crippen LogP contribution in [0.4, 0.5) is 0 Å². The average molecular weight is 266 g/mol. The van der Waals surface area contributed by atoms with E-state index >= 15 is 0 Å². The minimum atomic E-state index is -0.0492. The molecule has 1 saturated heterocycles. The second kappa shape index (κ2) is 5.91. The largest absolute Gasteiger partial charge is 0.461 e. The quantitative estimate of drug-likeness (QED) is 0.775. The van der Waals surface area contributed by atoms with Crippen LogP contribution >= 0.6 is 0 Å². The molecular formula is C18H18O2. The molecule has 0 spiro atoms. The Hall–Kier alpha value is -2.09. The topological polar surface area (TPSA) is 26.3 Å². The summed E-state index contributed by atoms with van der Waals surface area (Å²) in [6.07, 6.45) is 2.74. The number of benzene rings is 2. The standard InChI is InChI=1S/C18H18O2/c19-18-16(13-15-9-5-2-6-10-15)17(20-18)12-11-14-7-3-1-4-8-14/h1-10,16-17H,11-13H2/t16-,17-/m0/s1. The lowest BCUT2D eigenvalue weighted by Gasteiger charge is -2.35. The van der Waals surface area contributed by atoms with Crippen LogP contribution in [0.2, 0.25) is 0 Å². The van der Waals surface area contributed by atoms with Gasteiger partial charge in [0.15, 0.2) is 0 Å². The molecule has 3 rings (SSSR count). The number of cyclic esters (lactones) is 1. The number of aryl methyl sites for hydroxylation is 1. The van der Waals surface area contributed by atoms with E-state index in [2.05, 4.69) is 24.3 Å².